The molecule has 0 atom stereocenters. The average molecular weight is 553 g/mol. The summed E-state index contributed by atoms with van der Waals surface area (Å²) in [6, 6.07) is 16.8. The lowest BCUT2D eigenvalue weighted by Gasteiger charge is -2.24. The zero-order valence-electron chi connectivity index (χ0n) is 22.2. The van der Waals surface area contributed by atoms with Crippen LogP contribution in [0.1, 0.15) is 27.0 Å². The number of hydrogen-bond donors (Lipinski definition) is 2. The van der Waals surface area contributed by atoms with Crippen LogP contribution in [0, 0.1) is 0 Å². The number of esters is 1. The van der Waals surface area contributed by atoms with Gasteiger partial charge in [-0.25, -0.2) is 4.79 Å². The molecule has 0 bridgehead atoms. The predicted octanol–water partition coefficient (Wildman–Crippen LogP) is 4.95. The van der Waals surface area contributed by atoms with Crippen molar-refractivity contribution in [1.82, 2.24) is 4.90 Å². The highest BCUT2D eigenvalue weighted by Gasteiger charge is 2.36. The van der Waals surface area contributed by atoms with Crippen LogP contribution in [0.3, 0.4) is 0 Å². The molecule has 2 amide bonds. The first-order chi connectivity index (χ1) is 18.9. The Morgan fingerprint density at radius 2 is 1.65 bits per heavy atom. The van der Waals surface area contributed by atoms with Gasteiger partial charge in [-0.15, -0.1) is 0 Å². The maximum atomic E-state index is 14.2. The van der Waals surface area contributed by atoms with Crippen molar-refractivity contribution >= 4 is 46.1 Å². The number of likely N-dealkylation sites (N-methyl/N-ethyl adjacent to an activating group) is 2. The molecular weight excluding hydrogens is 525 g/mol. The number of anilines is 3. The molecule has 2 N–H and O–H groups in total. The Labute approximate surface area is 229 Å². The summed E-state index contributed by atoms with van der Waals surface area (Å²) < 4.78 is 47.3. The minimum Gasteiger partial charge on any atom is -0.465 e. The van der Waals surface area contributed by atoms with E-state index in [9.17, 15) is 27.6 Å². The first-order valence-corrected chi connectivity index (χ1v) is 12.1. The fourth-order valence-electron chi connectivity index (χ4n) is 4.34. The van der Waals surface area contributed by atoms with Gasteiger partial charge < -0.3 is 25.2 Å². The van der Waals surface area contributed by atoms with Gasteiger partial charge in [-0.3, -0.25) is 9.59 Å². The number of hydrogen-bond acceptors (Lipinski definition) is 6. The summed E-state index contributed by atoms with van der Waals surface area (Å²) >= 11 is 0. The molecule has 0 spiro atoms. The number of halogens is 3. The van der Waals surface area contributed by atoms with Crippen LogP contribution in [-0.2, 0) is 20.5 Å². The number of methoxy groups -OCH3 is 1. The van der Waals surface area contributed by atoms with Crippen LogP contribution in [0.4, 0.5) is 30.2 Å². The van der Waals surface area contributed by atoms with Gasteiger partial charge in [0.1, 0.15) is 0 Å². The number of benzene rings is 3. The van der Waals surface area contributed by atoms with E-state index in [-0.39, 0.29) is 34.8 Å². The van der Waals surface area contributed by atoms with Crippen LogP contribution in [-0.4, -0.2) is 57.5 Å². The molecule has 0 saturated heterocycles. The van der Waals surface area contributed by atoms with E-state index in [1.165, 1.54) is 38.4 Å². The Morgan fingerprint density at radius 1 is 0.950 bits per heavy atom. The molecule has 0 unspecified atom stereocenters. The minimum absolute atomic E-state index is 0.0586. The van der Waals surface area contributed by atoms with Gasteiger partial charge in [0, 0.05) is 18.3 Å². The first-order valence-electron chi connectivity index (χ1n) is 12.1. The van der Waals surface area contributed by atoms with Crippen LogP contribution >= 0.6 is 0 Å². The molecular formula is C29H27F3N4O4. The van der Waals surface area contributed by atoms with Gasteiger partial charge in [0.15, 0.2) is 0 Å². The van der Waals surface area contributed by atoms with Crippen LogP contribution < -0.4 is 15.5 Å². The highest BCUT2D eigenvalue weighted by atomic mass is 19.4. The lowest BCUT2D eigenvalue weighted by molar-refractivity contribution is -0.137. The van der Waals surface area contributed by atoms with E-state index in [1.807, 2.05) is 0 Å². The number of nitrogens with zero attached hydrogens (tertiary/aromatic N) is 2. The van der Waals surface area contributed by atoms with Crippen molar-refractivity contribution in [2.75, 3.05) is 50.3 Å². The summed E-state index contributed by atoms with van der Waals surface area (Å²) in [6.07, 6.45) is -4.76. The van der Waals surface area contributed by atoms with E-state index in [0.29, 0.717) is 16.8 Å². The molecule has 1 aliphatic rings. The molecule has 0 fully saturated rings. The molecule has 1 heterocycles. The zero-order valence-corrected chi connectivity index (χ0v) is 22.2. The maximum absolute atomic E-state index is 14.2. The van der Waals surface area contributed by atoms with Crippen molar-refractivity contribution in [2.45, 2.75) is 6.18 Å². The minimum atomic E-state index is -4.76. The quantitative estimate of drug-likeness (QED) is 0.319. The standard InChI is InChI=1S/C29H27F3N4O4/c1-35(2)16-24(37)36(3)23-13-11-19(15-21(23)29(30,31)32)33-26(17-8-6-5-7-9-17)25-20-12-10-18(28(39)40-4)14-22(20)34-27(25)38/h5-15,33H,16H2,1-4H3,(H,34,38)/b26-25-. The van der Waals surface area contributed by atoms with Crippen LogP contribution in [0.5, 0.6) is 0 Å². The second-order valence-electron chi connectivity index (χ2n) is 9.37. The Bertz CT molecular complexity index is 1500. The van der Waals surface area contributed by atoms with Gasteiger partial charge in [-0.1, -0.05) is 36.4 Å². The summed E-state index contributed by atoms with van der Waals surface area (Å²) in [7, 11) is 5.84. The number of nitrogens with one attached hydrogen (secondary N) is 2. The third kappa shape index (κ3) is 5.84. The highest BCUT2D eigenvalue weighted by Crippen LogP contribution is 2.41. The Morgan fingerprint density at radius 3 is 2.27 bits per heavy atom. The fourth-order valence-corrected chi connectivity index (χ4v) is 4.34. The molecule has 4 rings (SSSR count). The van der Waals surface area contributed by atoms with Crippen LogP contribution in [0.25, 0.3) is 11.3 Å². The Kier molecular flexibility index (Phi) is 7.96. The number of amides is 2. The molecule has 40 heavy (non-hydrogen) atoms. The molecule has 3 aromatic carbocycles. The molecule has 8 nitrogen and oxygen atoms in total. The van der Waals surface area contributed by atoms with Gasteiger partial charge in [-0.2, -0.15) is 13.2 Å². The zero-order chi connectivity index (χ0) is 29.2. The number of alkyl halides is 3. The molecule has 3 aromatic rings. The van der Waals surface area contributed by atoms with Crippen LogP contribution in [0.2, 0.25) is 0 Å². The van der Waals surface area contributed by atoms with Crippen molar-refractivity contribution in [3.05, 3.63) is 89.0 Å². The number of carbonyl (C=O) groups excluding carboxylic acids is 3. The summed E-state index contributed by atoms with van der Waals surface area (Å²) in [6.45, 7) is -0.0652. The first kappa shape index (κ1) is 28.4. The molecule has 0 aliphatic carbocycles. The number of fused-ring (bicyclic) bond motifs is 1. The van der Waals surface area contributed by atoms with Crippen molar-refractivity contribution in [3.8, 4) is 0 Å². The smallest absolute Gasteiger partial charge is 0.418 e. The van der Waals surface area contributed by atoms with E-state index in [2.05, 4.69) is 10.6 Å². The molecule has 0 radical (unpaired) electrons. The second-order valence-corrected chi connectivity index (χ2v) is 9.37. The second kappa shape index (κ2) is 11.2. The monoisotopic (exact) mass is 552 g/mol. The largest absolute Gasteiger partial charge is 0.465 e. The van der Waals surface area contributed by atoms with Gasteiger partial charge in [0.2, 0.25) is 5.91 Å². The number of carbonyl (C=O) groups is 3. The van der Waals surface area contributed by atoms with Crippen molar-refractivity contribution in [2.24, 2.45) is 0 Å². The van der Waals surface area contributed by atoms with Gasteiger partial charge in [0.25, 0.3) is 5.91 Å². The topological polar surface area (TPSA) is 91.0 Å². The average Bonchev–Trinajstić information content (AvgIpc) is 3.24. The van der Waals surface area contributed by atoms with Crippen molar-refractivity contribution in [1.29, 1.82) is 0 Å². The predicted molar refractivity (Wildman–Crippen MR) is 147 cm³/mol. The third-order valence-electron chi connectivity index (χ3n) is 6.26. The Hall–Kier alpha value is -4.64. The molecule has 0 saturated carbocycles. The van der Waals surface area contributed by atoms with E-state index in [0.717, 1.165) is 11.0 Å². The maximum Gasteiger partial charge on any atom is 0.418 e. The summed E-state index contributed by atoms with van der Waals surface area (Å²) in [5.41, 5.74) is 0.819. The van der Waals surface area contributed by atoms with Gasteiger partial charge in [0.05, 0.1) is 47.4 Å². The summed E-state index contributed by atoms with van der Waals surface area (Å²) in [4.78, 5) is 40.2. The molecule has 208 valence electrons. The van der Waals surface area contributed by atoms with Crippen molar-refractivity contribution < 1.29 is 32.3 Å². The van der Waals surface area contributed by atoms with Gasteiger partial charge >= 0.3 is 12.1 Å². The third-order valence-corrected chi connectivity index (χ3v) is 6.26. The fraction of sp³-hybridized carbons (Fsp3) is 0.207. The van der Waals surface area contributed by atoms with E-state index < -0.39 is 29.5 Å². The molecule has 0 aromatic heterocycles. The highest BCUT2D eigenvalue weighted by molar-refractivity contribution is 6.37. The lowest BCUT2D eigenvalue weighted by atomic mass is 9.98. The van der Waals surface area contributed by atoms with E-state index in [1.54, 1.807) is 55.4 Å². The van der Waals surface area contributed by atoms with Gasteiger partial charge in [-0.05, 0) is 50.0 Å². The SMILES string of the molecule is COC(=O)c1ccc2c(c1)NC(=O)/C2=C(\Nc1ccc(N(C)C(=O)CN(C)C)c(C(F)(F)F)c1)c1ccccc1. The summed E-state index contributed by atoms with van der Waals surface area (Å²) in [5, 5.41) is 5.73. The van der Waals surface area contributed by atoms with E-state index in [4.69, 9.17) is 4.74 Å². The van der Waals surface area contributed by atoms with Crippen molar-refractivity contribution in [3.63, 3.8) is 0 Å². The van der Waals surface area contributed by atoms with E-state index >= 15 is 0 Å². The molecule has 1 aliphatic heterocycles. The normalized spacial score (nSPS) is 13.9. The van der Waals surface area contributed by atoms with Crippen LogP contribution in [0.15, 0.2) is 66.7 Å². The summed E-state index contributed by atoms with van der Waals surface area (Å²) in [5.74, 6) is -1.58. The Balaban J connectivity index is 1.83. The number of rotatable bonds is 7. The molecule has 11 heteroatoms. The number of ether oxygens (including phenoxy) is 1. The lowest BCUT2D eigenvalue weighted by Crippen LogP contribution is -2.36.